The van der Waals surface area contributed by atoms with Crippen LogP contribution in [0, 0.1) is 5.92 Å². The molecule has 1 atom stereocenters. The molecule has 14 heavy (non-hydrogen) atoms. The van der Waals surface area contributed by atoms with Gasteiger partial charge in [-0.3, -0.25) is 9.89 Å². The lowest BCUT2D eigenvalue weighted by Crippen LogP contribution is -2.14. The SMILES string of the molecule is O=C(CC1C=CCC1)Nc1cn[nH]c1. The summed E-state index contributed by atoms with van der Waals surface area (Å²) in [4.78, 5) is 11.5. The van der Waals surface area contributed by atoms with Gasteiger partial charge in [-0.25, -0.2) is 0 Å². The van der Waals surface area contributed by atoms with Crippen LogP contribution in [0.15, 0.2) is 24.5 Å². The van der Waals surface area contributed by atoms with Crippen molar-refractivity contribution < 1.29 is 4.79 Å². The highest BCUT2D eigenvalue weighted by molar-refractivity contribution is 5.90. The first-order valence-corrected chi connectivity index (χ1v) is 4.80. The first-order valence-electron chi connectivity index (χ1n) is 4.80. The number of aromatic amines is 1. The highest BCUT2D eigenvalue weighted by atomic mass is 16.1. The molecule has 1 aromatic heterocycles. The maximum Gasteiger partial charge on any atom is 0.225 e. The number of anilines is 1. The van der Waals surface area contributed by atoms with Gasteiger partial charge in [-0.15, -0.1) is 0 Å². The van der Waals surface area contributed by atoms with E-state index >= 15 is 0 Å². The molecule has 0 saturated heterocycles. The summed E-state index contributed by atoms with van der Waals surface area (Å²) in [6.45, 7) is 0. The molecule has 4 nitrogen and oxygen atoms in total. The Kier molecular flexibility index (Phi) is 2.62. The lowest BCUT2D eigenvalue weighted by Gasteiger charge is -2.06. The molecule has 0 bridgehead atoms. The van der Waals surface area contributed by atoms with Gasteiger partial charge in [-0.2, -0.15) is 5.10 Å². The zero-order chi connectivity index (χ0) is 9.80. The molecule has 0 fully saturated rings. The Morgan fingerprint density at radius 2 is 2.64 bits per heavy atom. The van der Waals surface area contributed by atoms with Gasteiger partial charge in [0.25, 0.3) is 0 Å². The molecule has 1 aromatic rings. The number of carbonyl (C=O) groups excluding carboxylic acids is 1. The topological polar surface area (TPSA) is 57.8 Å². The summed E-state index contributed by atoms with van der Waals surface area (Å²) in [6.07, 6.45) is 10.3. The Hall–Kier alpha value is -1.58. The van der Waals surface area contributed by atoms with E-state index in [1.807, 2.05) is 0 Å². The quantitative estimate of drug-likeness (QED) is 0.714. The number of amides is 1. The van der Waals surface area contributed by atoms with Gasteiger partial charge in [0.05, 0.1) is 11.9 Å². The van der Waals surface area contributed by atoms with Crippen LogP contribution in [0.25, 0.3) is 0 Å². The average Bonchev–Trinajstić information content (AvgIpc) is 2.76. The van der Waals surface area contributed by atoms with Crippen LogP contribution < -0.4 is 5.32 Å². The standard InChI is InChI=1S/C10H13N3O/c14-10(5-8-3-1-2-4-8)13-9-6-11-12-7-9/h1,3,6-8H,2,4-5H2,(H,11,12)(H,13,14). The normalized spacial score (nSPS) is 19.9. The van der Waals surface area contributed by atoms with Crippen molar-refractivity contribution in [3.8, 4) is 0 Å². The van der Waals surface area contributed by atoms with Gasteiger partial charge in [0.2, 0.25) is 5.91 Å². The highest BCUT2D eigenvalue weighted by Crippen LogP contribution is 2.20. The first-order chi connectivity index (χ1) is 6.84. The number of nitrogens with zero attached hydrogens (tertiary/aromatic N) is 1. The highest BCUT2D eigenvalue weighted by Gasteiger charge is 2.13. The molecule has 0 spiro atoms. The van der Waals surface area contributed by atoms with E-state index in [1.54, 1.807) is 12.4 Å². The number of allylic oxidation sites excluding steroid dienone is 2. The third kappa shape index (κ3) is 2.22. The van der Waals surface area contributed by atoms with Crippen LogP contribution in [-0.2, 0) is 4.79 Å². The van der Waals surface area contributed by atoms with E-state index in [0.717, 1.165) is 18.5 Å². The molecule has 4 heteroatoms. The third-order valence-electron chi connectivity index (χ3n) is 2.34. The monoisotopic (exact) mass is 191 g/mol. The molecule has 0 saturated carbocycles. The summed E-state index contributed by atoms with van der Waals surface area (Å²) in [6, 6.07) is 0. The Balaban J connectivity index is 1.81. The van der Waals surface area contributed by atoms with E-state index in [2.05, 4.69) is 27.7 Å². The number of nitrogens with one attached hydrogen (secondary N) is 2. The van der Waals surface area contributed by atoms with Crippen LogP contribution in [0.1, 0.15) is 19.3 Å². The minimum absolute atomic E-state index is 0.0583. The second kappa shape index (κ2) is 4.09. The predicted octanol–water partition coefficient (Wildman–Crippen LogP) is 1.70. The minimum Gasteiger partial charge on any atom is -0.323 e. The number of aromatic nitrogens is 2. The van der Waals surface area contributed by atoms with Crippen molar-refractivity contribution in [1.29, 1.82) is 0 Å². The lowest BCUT2D eigenvalue weighted by molar-refractivity contribution is -0.116. The largest absolute Gasteiger partial charge is 0.323 e. The Bertz CT molecular complexity index is 329. The molecule has 0 aliphatic heterocycles. The number of hydrogen-bond donors (Lipinski definition) is 2. The minimum atomic E-state index is 0.0583. The zero-order valence-electron chi connectivity index (χ0n) is 7.86. The molecular weight excluding hydrogens is 178 g/mol. The Labute approximate surface area is 82.4 Å². The maximum absolute atomic E-state index is 11.5. The number of carbonyl (C=O) groups is 1. The number of H-pyrrole nitrogens is 1. The molecule has 1 heterocycles. The van der Waals surface area contributed by atoms with E-state index in [4.69, 9.17) is 0 Å². The van der Waals surface area contributed by atoms with Crippen molar-refractivity contribution in [1.82, 2.24) is 10.2 Å². The van der Waals surface area contributed by atoms with E-state index in [-0.39, 0.29) is 5.91 Å². The van der Waals surface area contributed by atoms with Crippen LogP contribution in [0.2, 0.25) is 0 Å². The van der Waals surface area contributed by atoms with Crippen molar-refractivity contribution in [3.63, 3.8) is 0 Å². The van der Waals surface area contributed by atoms with Gasteiger partial charge in [-0.05, 0) is 18.8 Å². The third-order valence-corrected chi connectivity index (χ3v) is 2.34. The van der Waals surface area contributed by atoms with Crippen LogP contribution >= 0.6 is 0 Å². The first kappa shape index (κ1) is 8.99. The van der Waals surface area contributed by atoms with Gasteiger partial charge in [0, 0.05) is 12.6 Å². The molecule has 1 unspecified atom stereocenters. The fraction of sp³-hybridized carbons (Fsp3) is 0.400. The predicted molar refractivity (Wildman–Crippen MR) is 53.7 cm³/mol. The van der Waals surface area contributed by atoms with Gasteiger partial charge < -0.3 is 5.32 Å². The van der Waals surface area contributed by atoms with E-state index in [9.17, 15) is 4.79 Å². The Morgan fingerprint density at radius 1 is 1.71 bits per heavy atom. The molecule has 1 aliphatic carbocycles. The van der Waals surface area contributed by atoms with Gasteiger partial charge in [0.1, 0.15) is 0 Å². The molecule has 74 valence electrons. The number of hydrogen-bond acceptors (Lipinski definition) is 2. The van der Waals surface area contributed by atoms with Gasteiger partial charge >= 0.3 is 0 Å². The lowest BCUT2D eigenvalue weighted by atomic mass is 10.1. The summed E-state index contributed by atoms with van der Waals surface area (Å²) in [5.74, 6) is 0.477. The van der Waals surface area contributed by atoms with Crippen molar-refractivity contribution in [3.05, 3.63) is 24.5 Å². The van der Waals surface area contributed by atoms with Crippen molar-refractivity contribution in [2.75, 3.05) is 5.32 Å². The second-order valence-electron chi connectivity index (χ2n) is 3.50. The van der Waals surface area contributed by atoms with Crippen LogP contribution in [0.5, 0.6) is 0 Å². The summed E-state index contributed by atoms with van der Waals surface area (Å²) < 4.78 is 0. The molecule has 1 amide bonds. The summed E-state index contributed by atoms with van der Waals surface area (Å²) in [7, 11) is 0. The Morgan fingerprint density at radius 3 is 3.29 bits per heavy atom. The van der Waals surface area contributed by atoms with Crippen LogP contribution in [-0.4, -0.2) is 16.1 Å². The van der Waals surface area contributed by atoms with Crippen molar-refractivity contribution in [2.24, 2.45) is 5.92 Å². The van der Waals surface area contributed by atoms with E-state index < -0.39 is 0 Å². The van der Waals surface area contributed by atoms with Gasteiger partial charge in [-0.1, -0.05) is 12.2 Å². The summed E-state index contributed by atoms with van der Waals surface area (Å²) in [5.41, 5.74) is 0.733. The fourth-order valence-electron chi connectivity index (χ4n) is 1.63. The van der Waals surface area contributed by atoms with E-state index in [1.165, 1.54) is 0 Å². The smallest absolute Gasteiger partial charge is 0.225 e. The molecule has 0 aromatic carbocycles. The van der Waals surface area contributed by atoms with E-state index in [0.29, 0.717) is 12.3 Å². The van der Waals surface area contributed by atoms with Crippen molar-refractivity contribution >= 4 is 11.6 Å². The average molecular weight is 191 g/mol. The van der Waals surface area contributed by atoms with Crippen LogP contribution in [0.4, 0.5) is 5.69 Å². The molecule has 2 N–H and O–H groups in total. The fourth-order valence-corrected chi connectivity index (χ4v) is 1.63. The van der Waals surface area contributed by atoms with Crippen LogP contribution in [0.3, 0.4) is 0 Å². The summed E-state index contributed by atoms with van der Waals surface area (Å²) >= 11 is 0. The van der Waals surface area contributed by atoms with Gasteiger partial charge in [0.15, 0.2) is 0 Å². The summed E-state index contributed by atoms with van der Waals surface area (Å²) in [5, 5.41) is 9.19. The second-order valence-corrected chi connectivity index (χ2v) is 3.50. The van der Waals surface area contributed by atoms with Crippen molar-refractivity contribution in [2.45, 2.75) is 19.3 Å². The molecule has 2 rings (SSSR count). The zero-order valence-corrected chi connectivity index (χ0v) is 7.86. The molecular formula is C10H13N3O. The number of rotatable bonds is 3. The molecule has 1 aliphatic rings. The maximum atomic E-state index is 11.5. The molecule has 0 radical (unpaired) electrons.